The number of carbonyl (C=O) groups is 1. The fourth-order valence-corrected chi connectivity index (χ4v) is 3.16. The summed E-state index contributed by atoms with van der Waals surface area (Å²) in [6.07, 6.45) is 2.40. The Morgan fingerprint density at radius 1 is 1.52 bits per heavy atom. The molecule has 0 aliphatic carbocycles. The first-order valence-corrected chi connectivity index (χ1v) is 8.37. The van der Waals surface area contributed by atoms with Gasteiger partial charge in [0.1, 0.15) is 30.6 Å². The van der Waals surface area contributed by atoms with Crippen LogP contribution in [0.5, 0.6) is 0 Å². The molecule has 0 spiro atoms. The Balaban J connectivity index is 1.59. The molecular weight excluding hydrogens is 327 g/mol. The number of nitrogens with one attached hydrogen (secondary N) is 1. The van der Waals surface area contributed by atoms with Crippen LogP contribution < -0.4 is 5.32 Å². The van der Waals surface area contributed by atoms with Crippen molar-refractivity contribution in [3.05, 3.63) is 29.7 Å². The molecule has 1 N–H and O–H groups in total. The molecular formula is C16H23FN6O2. The molecule has 0 bridgehead atoms. The van der Waals surface area contributed by atoms with E-state index in [0.717, 1.165) is 17.0 Å². The third-order valence-corrected chi connectivity index (χ3v) is 4.74. The lowest BCUT2D eigenvalue weighted by Crippen LogP contribution is -2.42. The average Bonchev–Trinajstić information content (AvgIpc) is 3.30. The Morgan fingerprint density at radius 3 is 2.96 bits per heavy atom. The van der Waals surface area contributed by atoms with E-state index in [1.54, 1.807) is 6.92 Å². The first-order chi connectivity index (χ1) is 12.0. The van der Waals surface area contributed by atoms with E-state index in [-0.39, 0.29) is 11.9 Å². The highest BCUT2D eigenvalue weighted by Gasteiger charge is 2.33. The van der Waals surface area contributed by atoms with E-state index in [9.17, 15) is 9.18 Å². The van der Waals surface area contributed by atoms with E-state index < -0.39 is 12.2 Å². The molecule has 0 radical (unpaired) electrons. The zero-order chi connectivity index (χ0) is 18.0. The van der Waals surface area contributed by atoms with Crippen LogP contribution in [0.3, 0.4) is 0 Å². The highest BCUT2D eigenvalue weighted by Crippen LogP contribution is 2.24. The molecule has 1 saturated heterocycles. The summed E-state index contributed by atoms with van der Waals surface area (Å²) in [5.41, 5.74) is 1.81. The number of hydrogen-bond acceptors (Lipinski definition) is 6. The van der Waals surface area contributed by atoms with Crippen molar-refractivity contribution in [1.29, 1.82) is 0 Å². The van der Waals surface area contributed by atoms with Crippen LogP contribution in [0.4, 0.5) is 4.39 Å². The second kappa shape index (κ2) is 7.30. The van der Waals surface area contributed by atoms with Gasteiger partial charge in [0.2, 0.25) is 5.91 Å². The molecule has 136 valence electrons. The van der Waals surface area contributed by atoms with Gasteiger partial charge in [-0.25, -0.2) is 14.1 Å². The normalized spacial score (nSPS) is 22.2. The lowest BCUT2D eigenvalue weighted by Gasteiger charge is -2.24. The second-order valence-electron chi connectivity index (χ2n) is 6.52. The molecule has 0 unspecified atom stereocenters. The van der Waals surface area contributed by atoms with Gasteiger partial charge >= 0.3 is 0 Å². The number of aryl methyl sites for hydroxylation is 2. The molecule has 1 aliphatic rings. The first kappa shape index (κ1) is 17.5. The number of halogens is 1. The van der Waals surface area contributed by atoms with Crippen molar-refractivity contribution in [2.24, 2.45) is 0 Å². The third kappa shape index (κ3) is 3.87. The van der Waals surface area contributed by atoms with Crippen molar-refractivity contribution < 1.29 is 13.7 Å². The molecule has 3 atom stereocenters. The van der Waals surface area contributed by atoms with E-state index in [2.05, 4.69) is 20.6 Å². The molecule has 3 rings (SSSR count). The minimum Gasteiger partial charge on any atom is -0.361 e. The maximum Gasteiger partial charge on any atom is 0.244 e. The Bertz CT molecular complexity index is 697. The van der Waals surface area contributed by atoms with Crippen LogP contribution >= 0.6 is 0 Å². The van der Waals surface area contributed by atoms with Crippen LogP contribution in [-0.4, -0.2) is 56.0 Å². The van der Waals surface area contributed by atoms with Gasteiger partial charge in [-0.3, -0.25) is 9.69 Å². The number of carbonyl (C=O) groups excluding carboxylic acids is 1. The average molecular weight is 350 g/mol. The van der Waals surface area contributed by atoms with Crippen LogP contribution in [0.25, 0.3) is 0 Å². The fourth-order valence-electron chi connectivity index (χ4n) is 3.16. The van der Waals surface area contributed by atoms with Crippen molar-refractivity contribution >= 4 is 5.91 Å². The van der Waals surface area contributed by atoms with Gasteiger partial charge < -0.3 is 9.84 Å². The van der Waals surface area contributed by atoms with Crippen molar-refractivity contribution in [1.82, 2.24) is 30.1 Å². The summed E-state index contributed by atoms with van der Waals surface area (Å²) in [5.74, 6) is 0.590. The minimum absolute atomic E-state index is 0.0596. The van der Waals surface area contributed by atoms with Crippen molar-refractivity contribution in [2.45, 2.75) is 52.0 Å². The number of rotatable bonds is 6. The van der Waals surface area contributed by atoms with Gasteiger partial charge in [-0.2, -0.15) is 5.10 Å². The Kier molecular flexibility index (Phi) is 5.12. The summed E-state index contributed by atoms with van der Waals surface area (Å²) in [6, 6.07) is -0.517. The van der Waals surface area contributed by atoms with Gasteiger partial charge in [-0.15, -0.1) is 0 Å². The fraction of sp³-hybridized carbons (Fsp3) is 0.625. The smallest absolute Gasteiger partial charge is 0.244 e. The number of likely N-dealkylation sites (tertiary alicyclic amines) is 1. The molecule has 1 amide bonds. The predicted octanol–water partition coefficient (Wildman–Crippen LogP) is 1.17. The monoisotopic (exact) mass is 350 g/mol. The number of aromatic nitrogens is 4. The van der Waals surface area contributed by atoms with Crippen LogP contribution in [0.2, 0.25) is 0 Å². The summed E-state index contributed by atoms with van der Waals surface area (Å²) in [5, 5.41) is 10.8. The summed E-state index contributed by atoms with van der Waals surface area (Å²) in [7, 11) is 0. The largest absolute Gasteiger partial charge is 0.361 e. The molecule has 9 heteroatoms. The zero-order valence-electron chi connectivity index (χ0n) is 14.6. The Hall–Kier alpha value is -2.29. The van der Waals surface area contributed by atoms with Crippen molar-refractivity contribution in [3.8, 4) is 0 Å². The number of hydrogen-bond donors (Lipinski definition) is 1. The molecule has 25 heavy (non-hydrogen) atoms. The maximum absolute atomic E-state index is 13.9. The second-order valence-corrected chi connectivity index (χ2v) is 6.52. The molecule has 0 aromatic carbocycles. The highest BCUT2D eigenvalue weighted by atomic mass is 19.1. The van der Waals surface area contributed by atoms with E-state index in [0.29, 0.717) is 26.1 Å². The van der Waals surface area contributed by atoms with Gasteiger partial charge in [-0.1, -0.05) is 5.16 Å². The summed E-state index contributed by atoms with van der Waals surface area (Å²) < 4.78 is 20.6. The SMILES string of the molecule is Cc1noc(C)c1CN1C[C@@H](F)C[C@H]1CNC(=O)[C@@H](C)n1cncn1. The van der Waals surface area contributed by atoms with Gasteiger partial charge in [0.05, 0.1) is 5.69 Å². The maximum atomic E-state index is 13.9. The van der Waals surface area contributed by atoms with Gasteiger partial charge in [-0.05, 0) is 27.2 Å². The number of nitrogens with zero attached hydrogens (tertiary/aromatic N) is 5. The van der Waals surface area contributed by atoms with Crippen molar-refractivity contribution in [2.75, 3.05) is 13.1 Å². The summed E-state index contributed by atoms with van der Waals surface area (Å²) in [6.45, 7) is 6.80. The lowest BCUT2D eigenvalue weighted by molar-refractivity contribution is -0.124. The number of alkyl halides is 1. The van der Waals surface area contributed by atoms with Crippen LogP contribution in [-0.2, 0) is 11.3 Å². The molecule has 1 fully saturated rings. The van der Waals surface area contributed by atoms with Crippen LogP contribution in [0, 0.1) is 13.8 Å². The van der Waals surface area contributed by atoms with E-state index >= 15 is 0 Å². The van der Waals surface area contributed by atoms with Gasteiger partial charge in [0.15, 0.2) is 0 Å². The quantitative estimate of drug-likeness (QED) is 0.841. The Labute approximate surface area is 145 Å². The molecule has 0 saturated carbocycles. The topological polar surface area (TPSA) is 89.1 Å². The summed E-state index contributed by atoms with van der Waals surface area (Å²) in [4.78, 5) is 18.2. The van der Waals surface area contributed by atoms with Crippen LogP contribution in [0.1, 0.15) is 36.4 Å². The van der Waals surface area contributed by atoms with E-state index in [1.807, 2.05) is 18.7 Å². The molecule has 1 aliphatic heterocycles. The Morgan fingerprint density at radius 2 is 2.32 bits per heavy atom. The first-order valence-electron chi connectivity index (χ1n) is 8.37. The van der Waals surface area contributed by atoms with Gasteiger partial charge in [0, 0.05) is 31.2 Å². The zero-order valence-corrected chi connectivity index (χ0v) is 14.6. The number of amides is 1. The molecule has 3 heterocycles. The van der Waals surface area contributed by atoms with E-state index in [4.69, 9.17) is 4.52 Å². The van der Waals surface area contributed by atoms with E-state index in [1.165, 1.54) is 17.3 Å². The highest BCUT2D eigenvalue weighted by molar-refractivity contribution is 5.79. The standard InChI is InChI=1S/C16H23FN6O2/c1-10-15(12(3)25-21-10)7-22-6-13(17)4-14(22)5-19-16(24)11(2)23-9-18-8-20-23/h8-9,11,13-14H,4-7H2,1-3H3,(H,19,24)/t11-,13+,14+/m1/s1. The molecule has 8 nitrogen and oxygen atoms in total. The van der Waals surface area contributed by atoms with Gasteiger partial charge in [0.25, 0.3) is 0 Å². The lowest BCUT2D eigenvalue weighted by atomic mass is 10.1. The van der Waals surface area contributed by atoms with Crippen molar-refractivity contribution in [3.63, 3.8) is 0 Å². The minimum atomic E-state index is -0.893. The predicted molar refractivity (Wildman–Crippen MR) is 87.4 cm³/mol. The van der Waals surface area contributed by atoms with Crippen LogP contribution in [0.15, 0.2) is 17.2 Å². The molecule has 2 aromatic heterocycles. The molecule has 2 aromatic rings. The third-order valence-electron chi connectivity index (χ3n) is 4.74. The summed E-state index contributed by atoms with van der Waals surface area (Å²) >= 11 is 0.